The van der Waals surface area contributed by atoms with E-state index in [1.165, 1.54) is 10.4 Å². The fourth-order valence-electron chi connectivity index (χ4n) is 2.80. The fraction of sp³-hybridized carbons (Fsp3) is 0.278. The van der Waals surface area contributed by atoms with Gasteiger partial charge in [-0.2, -0.15) is 0 Å². The van der Waals surface area contributed by atoms with Crippen molar-refractivity contribution in [3.63, 3.8) is 0 Å². The molecule has 0 aromatic heterocycles. The topological polar surface area (TPSA) is 75.7 Å². The molecule has 1 aliphatic rings. The first-order valence-electron chi connectivity index (χ1n) is 8.17. The number of carbonyl (C=O) groups is 1. The summed E-state index contributed by atoms with van der Waals surface area (Å²) < 4.78 is 31.4. The Morgan fingerprint density at radius 1 is 1.30 bits per heavy atom. The van der Waals surface area contributed by atoms with Crippen molar-refractivity contribution in [2.24, 2.45) is 0 Å². The van der Waals surface area contributed by atoms with Gasteiger partial charge in [0.25, 0.3) is 5.91 Å². The van der Waals surface area contributed by atoms with Gasteiger partial charge in [0.1, 0.15) is 5.75 Å². The van der Waals surface area contributed by atoms with Gasteiger partial charge in [0.2, 0.25) is 10.0 Å². The molecule has 0 unspecified atom stereocenters. The quantitative estimate of drug-likeness (QED) is 0.755. The number of hydrogen-bond donors (Lipinski definition) is 1. The summed E-state index contributed by atoms with van der Waals surface area (Å²) in [7, 11) is -3.54. The molecule has 1 aliphatic heterocycles. The van der Waals surface area contributed by atoms with Gasteiger partial charge < -0.3 is 10.1 Å². The third kappa shape index (κ3) is 4.69. The number of fused-ring (bicyclic) bond motifs is 1. The summed E-state index contributed by atoms with van der Waals surface area (Å²) in [4.78, 5) is 13.7. The number of halogens is 1. The molecule has 27 heavy (non-hydrogen) atoms. The van der Waals surface area contributed by atoms with Gasteiger partial charge in [-0.15, -0.1) is 11.8 Å². The molecule has 0 aliphatic carbocycles. The number of benzene rings is 2. The van der Waals surface area contributed by atoms with E-state index in [2.05, 4.69) is 5.32 Å². The van der Waals surface area contributed by atoms with Gasteiger partial charge in [-0.25, -0.2) is 8.42 Å². The molecule has 2 aromatic carbocycles. The molecule has 0 saturated carbocycles. The van der Waals surface area contributed by atoms with E-state index in [1.807, 2.05) is 24.5 Å². The maximum Gasteiger partial charge on any atom is 0.265 e. The molecule has 0 bridgehead atoms. The largest absolute Gasteiger partial charge is 0.478 e. The second-order valence-electron chi connectivity index (χ2n) is 6.06. The predicted molar refractivity (Wildman–Crippen MR) is 110 cm³/mol. The van der Waals surface area contributed by atoms with Crippen molar-refractivity contribution in [2.45, 2.75) is 17.4 Å². The third-order valence-corrected chi connectivity index (χ3v) is 6.22. The third-order valence-electron chi connectivity index (χ3n) is 4.08. The van der Waals surface area contributed by atoms with Crippen LogP contribution in [-0.2, 0) is 14.8 Å². The van der Waals surface area contributed by atoms with Crippen LogP contribution in [-0.4, -0.2) is 39.5 Å². The minimum Gasteiger partial charge on any atom is -0.478 e. The average Bonchev–Trinajstić information content (AvgIpc) is 2.81. The number of ether oxygens (including phenoxy) is 1. The van der Waals surface area contributed by atoms with Gasteiger partial charge in [-0.1, -0.05) is 17.7 Å². The highest BCUT2D eigenvalue weighted by Gasteiger charge is 2.31. The van der Waals surface area contributed by atoms with E-state index in [0.29, 0.717) is 22.1 Å². The molecule has 1 atom stereocenters. The van der Waals surface area contributed by atoms with Crippen LogP contribution in [0.25, 0.3) is 0 Å². The van der Waals surface area contributed by atoms with Crippen LogP contribution in [0.2, 0.25) is 5.02 Å². The second kappa shape index (κ2) is 8.00. The Morgan fingerprint density at radius 3 is 2.78 bits per heavy atom. The molecular weight excluding hydrogens is 408 g/mol. The van der Waals surface area contributed by atoms with E-state index in [9.17, 15) is 13.2 Å². The van der Waals surface area contributed by atoms with E-state index >= 15 is 0 Å². The zero-order chi connectivity index (χ0) is 19.6. The second-order valence-corrected chi connectivity index (χ2v) is 9.29. The standard InChI is InChI=1S/C18H19ClN2O4S2/c1-26-14-5-3-4-13(11-14)20-18(22)17-8-9-21(27(2,23)24)15-10-12(19)6-7-16(15)25-17/h3-7,10-11,17H,8-9H2,1-2H3,(H,20,22)/t17-/m1/s1. The van der Waals surface area contributed by atoms with Gasteiger partial charge >= 0.3 is 0 Å². The predicted octanol–water partition coefficient (Wildman–Crippen LogP) is 3.62. The number of nitrogens with zero attached hydrogens (tertiary/aromatic N) is 1. The molecule has 9 heteroatoms. The maximum atomic E-state index is 12.7. The number of thioether (sulfide) groups is 1. The van der Waals surface area contributed by atoms with E-state index < -0.39 is 16.1 Å². The Kier molecular flexibility index (Phi) is 5.88. The van der Waals surface area contributed by atoms with Crippen molar-refractivity contribution in [2.75, 3.05) is 28.7 Å². The summed E-state index contributed by atoms with van der Waals surface area (Å²) in [6.07, 6.45) is 2.46. The van der Waals surface area contributed by atoms with Crippen molar-refractivity contribution < 1.29 is 17.9 Å². The first-order valence-corrected chi connectivity index (χ1v) is 11.6. The van der Waals surface area contributed by atoms with E-state index in [-0.39, 0.29) is 18.9 Å². The average molecular weight is 427 g/mol. The molecule has 6 nitrogen and oxygen atoms in total. The van der Waals surface area contributed by atoms with Gasteiger partial charge in [-0.3, -0.25) is 9.10 Å². The Balaban J connectivity index is 1.86. The molecule has 3 rings (SSSR count). The number of carbonyl (C=O) groups excluding carboxylic acids is 1. The summed E-state index contributed by atoms with van der Waals surface area (Å²) in [6, 6.07) is 12.2. The molecule has 0 radical (unpaired) electrons. The number of anilines is 2. The summed E-state index contributed by atoms with van der Waals surface area (Å²) in [5, 5.41) is 3.23. The fourth-order valence-corrected chi connectivity index (χ4v) is 4.37. The highest BCUT2D eigenvalue weighted by atomic mass is 35.5. The van der Waals surface area contributed by atoms with Crippen molar-refractivity contribution in [1.82, 2.24) is 0 Å². The molecule has 1 N–H and O–H groups in total. The maximum absolute atomic E-state index is 12.7. The van der Waals surface area contributed by atoms with Crippen LogP contribution < -0.4 is 14.4 Å². The van der Waals surface area contributed by atoms with Crippen molar-refractivity contribution in [1.29, 1.82) is 0 Å². The van der Waals surface area contributed by atoms with Gasteiger partial charge in [-0.05, 0) is 42.7 Å². The summed E-state index contributed by atoms with van der Waals surface area (Å²) >= 11 is 7.60. The number of hydrogen-bond acceptors (Lipinski definition) is 5. The Hall–Kier alpha value is -1.90. The summed E-state index contributed by atoms with van der Waals surface area (Å²) in [5.41, 5.74) is 1.00. The first-order chi connectivity index (χ1) is 12.8. The minimum atomic E-state index is -3.54. The molecule has 144 valence electrons. The molecular formula is C18H19ClN2O4S2. The highest BCUT2D eigenvalue weighted by Crippen LogP contribution is 2.36. The van der Waals surface area contributed by atoms with Crippen molar-refractivity contribution >= 4 is 50.7 Å². The van der Waals surface area contributed by atoms with Crippen LogP contribution in [0.1, 0.15) is 6.42 Å². The number of amides is 1. The molecule has 1 amide bonds. The lowest BCUT2D eigenvalue weighted by atomic mass is 10.2. The lowest BCUT2D eigenvalue weighted by molar-refractivity contribution is -0.122. The zero-order valence-electron chi connectivity index (χ0n) is 14.8. The summed E-state index contributed by atoms with van der Waals surface area (Å²) in [6.45, 7) is 0.120. The van der Waals surface area contributed by atoms with Crippen molar-refractivity contribution in [3.8, 4) is 5.75 Å². The Labute approximate surface area is 167 Å². The van der Waals surface area contributed by atoms with Crippen molar-refractivity contribution in [3.05, 3.63) is 47.5 Å². The van der Waals surface area contributed by atoms with Gasteiger partial charge in [0, 0.05) is 28.6 Å². The lowest BCUT2D eigenvalue weighted by Crippen LogP contribution is -2.35. The molecule has 0 saturated heterocycles. The molecule has 2 aromatic rings. The number of nitrogens with one attached hydrogen (secondary N) is 1. The molecule has 1 heterocycles. The lowest BCUT2D eigenvalue weighted by Gasteiger charge is -2.21. The first kappa shape index (κ1) is 19.9. The smallest absolute Gasteiger partial charge is 0.265 e. The monoisotopic (exact) mass is 426 g/mol. The van der Waals surface area contributed by atoms with E-state index in [4.69, 9.17) is 16.3 Å². The Bertz CT molecular complexity index is 966. The number of rotatable bonds is 4. The number of sulfonamides is 1. The van der Waals surface area contributed by atoms with Gasteiger partial charge in [0.05, 0.1) is 11.9 Å². The molecule has 0 fully saturated rings. The van der Waals surface area contributed by atoms with E-state index in [0.717, 1.165) is 11.2 Å². The van der Waals surface area contributed by atoms with E-state index in [1.54, 1.807) is 30.0 Å². The van der Waals surface area contributed by atoms with Crippen LogP contribution in [0.3, 0.4) is 0 Å². The van der Waals surface area contributed by atoms with Crippen LogP contribution in [0.5, 0.6) is 5.75 Å². The molecule has 0 spiro atoms. The van der Waals surface area contributed by atoms with Gasteiger partial charge in [0.15, 0.2) is 6.10 Å². The minimum absolute atomic E-state index is 0.120. The van der Waals surface area contributed by atoms with Crippen LogP contribution in [0.15, 0.2) is 47.4 Å². The SMILES string of the molecule is CSc1cccc(NC(=O)[C@H]2CCN(S(C)(=O)=O)c3cc(Cl)ccc3O2)c1. The highest BCUT2D eigenvalue weighted by molar-refractivity contribution is 7.98. The normalized spacial score (nSPS) is 16.9. The zero-order valence-corrected chi connectivity index (χ0v) is 17.2. The van der Waals surface area contributed by atoms with Crippen LogP contribution >= 0.6 is 23.4 Å². The summed E-state index contributed by atoms with van der Waals surface area (Å²) in [5.74, 6) is -0.0233. The van der Waals surface area contributed by atoms with Crippen LogP contribution in [0.4, 0.5) is 11.4 Å². The van der Waals surface area contributed by atoms with Crippen LogP contribution in [0, 0.1) is 0 Å². The Morgan fingerprint density at radius 2 is 2.07 bits per heavy atom.